The van der Waals surface area contributed by atoms with Gasteiger partial charge in [-0.25, -0.2) is 0 Å². The number of benzene rings is 1. The van der Waals surface area contributed by atoms with Crippen LogP contribution in [0.15, 0.2) is 22.7 Å². The van der Waals surface area contributed by atoms with Crippen molar-refractivity contribution in [3.63, 3.8) is 0 Å². The van der Waals surface area contributed by atoms with Crippen LogP contribution in [0, 0.1) is 5.92 Å². The number of hydrogen-bond acceptors (Lipinski definition) is 5. The van der Waals surface area contributed by atoms with E-state index in [1.165, 1.54) is 0 Å². The average molecular weight is 370 g/mol. The van der Waals surface area contributed by atoms with Crippen molar-refractivity contribution in [2.75, 3.05) is 0 Å². The van der Waals surface area contributed by atoms with Crippen molar-refractivity contribution in [2.45, 2.75) is 25.3 Å². The molecule has 0 spiro atoms. The summed E-state index contributed by atoms with van der Waals surface area (Å²) in [5, 5.41) is 16.1. The molecule has 2 aromatic rings. The molecule has 0 aliphatic heterocycles. The zero-order valence-corrected chi connectivity index (χ0v) is 13.8. The number of aliphatic carboxylic acids is 1. The first kappa shape index (κ1) is 16.7. The van der Waals surface area contributed by atoms with Crippen molar-refractivity contribution in [3.05, 3.63) is 45.5 Å². The van der Waals surface area contributed by atoms with Gasteiger partial charge in [0.05, 0.1) is 6.54 Å². The Labute approximate surface area is 146 Å². The highest BCUT2D eigenvalue weighted by atomic mass is 35.5. The van der Waals surface area contributed by atoms with E-state index in [0.717, 1.165) is 5.56 Å². The number of aromatic nitrogens is 2. The summed E-state index contributed by atoms with van der Waals surface area (Å²) in [6.07, 6.45) is 0.365. The predicted octanol–water partition coefficient (Wildman–Crippen LogP) is 2.42. The van der Waals surface area contributed by atoms with Crippen molar-refractivity contribution in [3.8, 4) is 0 Å². The molecular weight excluding hydrogens is 357 g/mol. The summed E-state index contributed by atoms with van der Waals surface area (Å²) in [6, 6.07) is 5.24. The van der Waals surface area contributed by atoms with E-state index in [9.17, 15) is 9.59 Å². The summed E-state index contributed by atoms with van der Waals surface area (Å²) in [6.45, 7) is 0.0829. The van der Waals surface area contributed by atoms with Gasteiger partial charge in [0.2, 0.25) is 11.8 Å². The summed E-state index contributed by atoms with van der Waals surface area (Å²) in [5.74, 6) is -1.03. The number of hydrogen-bond donors (Lipinski definition) is 2. The minimum atomic E-state index is -1.06. The number of nitrogens with zero attached hydrogens (tertiary/aromatic N) is 2. The second-order valence-corrected chi connectivity index (χ2v) is 6.35. The lowest BCUT2D eigenvalue weighted by Gasteiger charge is -2.05. The average Bonchev–Trinajstić information content (AvgIpc) is 3.17. The molecule has 126 valence electrons. The number of rotatable bonds is 6. The topological polar surface area (TPSA) is 105 Å². The Morgan fingerprint density at radius 3 is 2.88 bits per heavy atom. The Morgan fingerprint density at radius 1 is 1.38 bits per heavy atom. The van der Waals surface area contributed by atoms with Gasteiger partial charge in [0.25, 0.3) is 0 Å². The number of carbonyl (C=O) groups is 2. The molecule has 7 nitrogen and oxygen atoms in total. The van der Waals surface area contributed by atoms with Crippen LogP contribution in [0.25, 0.3) is 0 Å². The van der Waals surface area contributed by atoms with E-state index in [2.05, 4.69) is 15.5 Å². The van der Waals surface area contributed by atoms with Crippen molar-refractivity contribution in [1.82, 2.24) is 15.5 Å². The second kappa shape index (κ2) is 6.78. The number of nitrogens with one attached hydrogen (secondary N) is 1. The van der Waals surface area contributed by atoms with E-state index in [0.29, 0.717) is 16.5 Å². The van der Waals surface area contributed by atoms with Crippen LogP contribution in [0.3, 0.4) is 0 Å². The molecule has 1 fully saturated rings. The Kier molecular flexibility index (Phi) is 4.73. The standard InChI is InChI=1S/C15H13Cl2N3O4/c16-7-1-2-8(11(17)3-7)9-4-10(9)15(23)18-6-12-19-13(24-20-12)5-14(21)22/h1-3,9-10H,4-6H2,(H,18,23)(H,21,22)/t9-,10+/m0/s1. The normalized spacial score (nSPS) is 19.1. The van der Waals surface area contributed by atoms with Gasteiger partial charge in [0.15, 0.2) is 5.82 Å². The monoisotopic (exact) mass is 369 g/mol. The zero-order chi connectivity index (χ0) is 17.3. The summed E-state index contributed by atoms with van der Waals surface area (Å²) >= 11 is 12.0. The van der Waals surface area contributed by atoms with Gasteiger partial charge in [0.1, 0.15) is 6.42 Å². The summed E-state index contributed by atoms with van der Waals surface area (Å²) < 4.78 is 4.78. The lowest BCUT2D eigenvalue weighted by Crippen LogP contribution is -2.25. The molecule has 2 atom stereocenters. The maximum Gasteiger partial charge on any atom is 0.312 e. The van der Waals surface area contributed by atoms with Crippen LogP contribution in [0.2, 0.25) is 10.0 Å². The molecule has 0 radical (unpaired) electrons. The minimum Gasteiger partial charge on any atom is -0.481 e. The van der Waals surface area contributed by atoms with E-state index in [1.54, 1.807) is 12.1 Å². The molecule has 9 heteroatoms. The highest BCUT2D eigenvalue weighted by Gasteiger charge is 2.44. The number of carboxylic acids is 1. The maximum atomic E-state index is 12.2. The van der Waals surface area contributed by atoms with E-state index < -0.39 is 5.97 Å². The Hall–Kier alpha value is -2.12. The van der Waals surface area contributed by atoms with Gasteiger partial charge in [-0.15, -0.1) is 0 Å². The van der Waals surface area contributed by atoms with Gasteiger partial charge < -0.3 is 14.9 Å². The lowest BCUT2D eigenvalue weighted by atomic mass is 10.1. The fourth-order valence-corrected chi connectivity index (χ4v) is 3.04. The molecule has 2 N–H and O–H groups in total. The molecule has 1 heterocycles. The largest absolute Gasteiger partial charge is 0.481 e. The third kappa shape index (κ3) is 3.85. The third-order valence-corrected chi connectivity index (χ3v) is 4.28. The molecule has 24 heavy (non-hydrogen) atoms. The first-order valence-electron chi connectivity index (χ1n) is 7.20. The SMILES string of the molecule is O=C(O)Cc1nc(CNC(=O)[C@@H]2C[C@H]2c2ccc(Cl)cc2Cl)no1. The van der Waals surface area contributed by atoms with Crippen LogP contribution < -0.4 is 5.32 Å². The van der Waals surface area contributed by atoms with Crippen LogP contribution in [0.1, 0.15) is 29.6 Å². The summed E-state index contributed by atoms with van der Waals surface area (Å²) in [5.41, 5.74) is 0.907. The van der Waals surface area contributed by atoms with E-state index in [1.807, 2.05) is 6.07 Å². The molecule has 1 aliphatic carbocycles. The number of amides is 1. The van der Waals surface area contributed by atoms with Gasteiger partial charge in [0, 0.05) is 16.0 Å². The fourth-order valence-electron chi connectivity index (χ4n) is 2.49. The molecular formula is C15H13Cl2N3O4. The highest BCUT2D eigenvalue weighted by molar-refractivity contribution is 6.35. The molecule has 1 aliphatic rings. The van der Waals surface area contributed by atoms with E-state index in [4.69, 9.17) is 32.8 Å². The molecule has 0 bridgehead atoms. The minimum absolute atomic E-state index is 0.00370. The fraction of sp³-hybridized carbons (Fsp3) is 0.333. The van der Waals surface area contributed by atoms with Gasteiger partial charge in [-0.3, -0.25) is 9.59 Å². The molecule has 1 amide bonds. The van der Waals surface area contributed by atoms with Gasteiger partial charge in [-0.1, -0.05) is 34.4 Å². The van der Waals surface area contributed by atoms with Crippen molar-refractivity contribution in [2.24, 2.45) is 5.92 Å². The third-order valence-electron chi connectivity index (χ3n) is 3.72. The molecule has 1 saturated carbocycles. The predicted molar refractivity (Wildman–Crippen MR) is 84.8 cm³/mol. The second-order valence-electron chi connectivity index (χ2n) is 5.51. The smallest absolute Gasteiger partial charge is 0.312 e. The molecule has 0 unspecified atom stereocenters. The maximum absolute atomic E-state index is 12.2. The Morgan fingerprint density at radius 2 is 2.17 bits per heavy atom. The zero-order valence-electron chi connectivity index (χ0n) is 12.3. The Bertz CT molecular complexity index is 793. The molecule has 0 saturated heterocycles. The highest BCUT2D eigenvalue weighted by Crippen LogP contribution is 2.50. The first-order chi connectivity index (χ1) is 11.4. The number of carboxylic acid groups (broad SMARTS) is 1. The molecule has 1 aromatic carbocycles. The van der Waals surface area contributed by atoms with Crippen LogP contribution in [-0.2, 0) is 22.6 Å². The van der Waals surface area contributed by atoms with E-state index >= 15 is 0 Å². The van der Waals surface area contributed by atoms with E-state index in [-0.39, 0.29) is 42.4 Å². The molecule has 3 rings (SSSR count). The quantitative estimate of drug-likeness (QED) is 0.809. The van der Waals surface area contributed by atoms with Crippen LogP contribution in [0.5, 0.6) is 0 Å². The molecule has 1 aromatic heterocycles. The van der Waals surface area contributed by atoms with Crippen molar-refractivity contribution < 1.29 is 19.2 Å². The van der Waals surface area contributed by atoms with Gasteiger partial charge >= 0.3 is 5.97 Å². The summed E-state index contributed by atoms with van der Waals surface area (Å²) in [4.78, 5) is 26.6. The van der Waals surface area contributed by atoms with Crippen LogP contribution >= 0.6 is 23.2 Å². The lowest BCUT2D eigenvalue weighted by molar-refractivity contribution is -0.136. The van der Waals surface area contributed by atoms with Gasteiger partial charge in [-0.05, 0) is 30.0 Å². The van der Waals surface area contributed by atoms with Gasteiger partial charge in [-0.2, -0.15) is 4.98 Å². The number of carbonyl (C=O) groups excluding carboxylic acids is 1. The number of halogens is 2. The van der Waals surface area contributed by atoms with Crippen molar-refractivity contribution >= 4 is 35.1 Å². The first-order valence-corrected chi connectivity index (χ1v) is 7.95. The Balaban J connectivity index is 1.53. The van der Waals surface area contributed by atoms with Crippen LogP contribution in [-0.4, -0.2) is 27.1 Å². The van der Waals surface area contributed by atoms with Crippen molar-refractivity contribution in [1.29, 1.82) is 0 Å². The van der Waals surface area contributed by atoms with Crippen LogP contribution in [0.4, 0.5) is 0 Å². The summed E-state index contributed by atoms with van der Waals surface area (Å²) in [7, 11) is 0.